The zero-order valence-corrected chi connectivity index (χ0v) is 18.8. The maximum absolute atomic E-state index is 9.60. The third kappa shape index (κ3) is 10.1. The van der Waals surface area contributed by atoms with E-state index in [9.17, 15) is 9.59 Å². The topological polar surface area (TPSA) is 97.7 Å². The Kier molecular flexibility index (Phi) is 15.7. The first-order valence-corrected chi connectivity index (χ1v) is 9.19. The van der Waals surface area contributed by atoms with E-state index in [1.807, 2.05) is 0 Å². The SMILES string of the molecule is C=C(C)C(=O)O.C=C(C)C(=O)O.C[O-].[CH-]1CCCC2=C1CC1=C2CCCC1.[Ti+2]. The molecule has 0 unspecified atom stereocenters. The van der Waals surface area contributed by atoms with Crippen LogP contribution >= 0.6 is 0 Å². The number of hydrogen-bond acceptors (Lipinski definition) is 3. The van der Waals surface area contributed by atoms with Gasteiger partial charge in [-0.25, -0.2) is 21.6 Å². The summed E-state index contributed by atoms with van der Waals surface area (Å²) in [7, 11) is 0.750. The summed E-state index contributed by atoms with van der Waals surface area (Å²) in [4.78, 5) is 19.2. The first-order valence-electron chi connectivity index (χ1n) is 9.19. The van der Waals surface area contributed by atoms with Gasteiger partial charge in [0, 0.05) is 11.1 Å². The molecule has 0 spiro atoms. The van der Waals surface area contributed by atoms with Crippen LogP contribution in [0.3, 0.4) is 0 Å². The minimum absolute atomic E-state index is 0. The van der Waals surface area contributed by atoms with E-state index in [-0.39, 0.29) is 32.9 Å². The second-order valence-electron chi connectivity index (χ2n) is 6.74. The van der Waals surface area contributed by atoms with Crippen LogP contribution in [0.25, 0.3) is 0 Å². The van der Waals surface area contributed by atoms with Crippen LogP contribution in [0.4, 0.5) is 0 Å². The third-order valence-electron chi connectivity index (χ3n) is 4.49. The van der Waals surface area contributed by atoms with Gasteiger partial charge < -0.3 is 15.3 Å². The standard InChI is InChI=1S/C13H17.2C4H6O2.CH3O.Ti/c1-3-7-12-10(5-1)9-11-6-2-4-8-13(11)12;2*1-3(2)4(5)6;1-2;/h5H,1-4,6-9H2;2*1H2,2H3,(H,5,6);1H3;/q-1;;;-1;+2. The summed E-state index contributed by atoms with van der Waals surface area (Å²) in [6, 6.07) is 0. The summed E-state index contributed by atoms with van der Waals surface area (Å²) < 4.78 is 0. The number of rotatable bonds is 2. The fourth-order valence-corrected chi connectivity index (χ4v) is 3.12. The van der Waals surface area contributed by atoms with Crippen molar-refractivity contribution in [2.75, 3.05) is 7.11 Å². The fourth-order valence-electron chi connectivity index (χ4n) is 3.12. The van der Waals surface area contributed by atoms with E-state index in [0.717, 1.165) is 7.11 Å². The Bertz CT molecular complexity index is 551. The third-order valence-corrected chi connectivity index (χ3v) is 4.49. The normalized spacial score (nSPS) is 16.0. The predicted molar refractivity (Wildman–Crippen MR) is 106 cm³/mol. The van der Waals surface area contributed by atoms with E-state index in [1.54, 1.807) is 22.3 Å². The Morgan fingerprint density at radius 2 is 1.32 bits per heavy atom. The molecule has 0 aromatic carbocycles. The second-order valence-corrected chi connectivity index (χ2v) is 6.74. The Morgan fingerprint density at radius 1 is 0.893 bits per heavy atom. The van der Waals surface area contributed by atoms with Crippen LogP contribution in [0.15, 0.2) is 46.6 Å². The van der Waals surface area contributed by atoms with Crippen molar-refractivity contribution in [3.8, 4) is 0 Å². The molecule has 28 heavy (non-hydrogen) atoms. The van der Waals surface area contributed by atoms with Crippen molar-refractivity contribution in [2.24, 2.45) is 0 Å². The Hall–Kier alpha value is -1.56. The van der Waals surface area contributed by atoms with Crippen LogP contribution < -0.4 is 5.11 Å². The molecule has 0 saturated carbocycles. The number of aliphatic carboxylic acids is 2. The molecule has 0 fully saturated rings. The molecule has 0 saturated heterocycles. The quantitative estimate of drug-likeness (QED) is 0.393. The van der Waals surface area contributed by atoms with Crippen LogP contribution in [-0.4, -0.2) is 29.3 Å². The second kappa shape index (κ2) is 15.4. The van der Waals surface area contributed by atoms with Gasteiger partial charge in [0.05, 0.1) is 0 Å². The van der Waals surface area contributed by atoms with Gasteiger partial charge in [0.2, 0.25) is 0 Å². The summed E-state index contributed by atoms with van der Waals surface area (Å²) in [5, 5.41) is 24.0. The monoisotopic (exact) mass is 424 g/mol. The molecule has 5 nitrogen and oxygen atoms in total. The number of allylic oxidation sites excluding steroid dienone is 4. The summed E-state index contributed by atoms with van der Waals surface area (Å²) in [6.45, 7) is 9.20. The van der Waals surface area contributed by atoms with Crippen molar-refractivity contribution < 1.29 is 46.6 Å². The van der Waals surface area contributed by atoms with E-state index >= 15 is 0 Å². The van der Waals surface area contributed by atoms with Crippen LogP contribution in [0.2, 0.25) is 0 Å². The summed E-state index contributed by atoms with van der Waals surface area (Å²) in [6.07, 6.45) is 13.6. The van der Waals surface area contributed by atoms with Crippen molar-refractivity contribution in [2.45, 2.75) is 65.2 Å². The van der Waals surface area contributed by atoms with Crippen LogP contribution in [-0.2, 0) is 31.3 Å². The smallest absolute Gasteiger partial charge is 0.857 e. The maximum Gasteiger partial charge on any atom is 2.00 e. The van der Waals surface area contributed by atoms with Gasteiger partial charge in [-0.15, -0.1) is 12.0 Å². The molecular formula is C22H32O5Ti. The van der Waals surface area contributed by atoms with Gasteiger partial charge in [0.15, 0.2) is 0 Å². The molecule has 0 amide bonds. The molecule has 6 heteroatoms. The minimum Gasteiger partial charge on any atom is -0.857 e. The zero-order chi connectivity index (χ0) is 21.0. The van der Waals surface area contributed by atoms with Crippen LogP contribution in [0.1, 0.15) is 65.2 Å². The fraction of sp³-hybridized carbons (Fsp3) is 0.500. The minimum atomic E-state index is -0.935. The molecule has 3 aliphatic carbocycles. The van der Waals surface area contributed by atoms with Crippen LogP contribution in [0.5, 0.6) is 0 Å². The van der Waals surface area contributed by atoms with Crippen LogP contribution in [0, 0.1) is 6.42 Å². The van der Waals surface area contributed by atoms with Gasteiger partial charge in [0.25, 0.3) is 0 Å². The van der Waals surface area contributed by atoms with Crippen molar-refractivity contribution in [3.63, 3.8) is 0 Å². The van der Waals surface area contributed by atoms with Crippen molar-refractivity contribution in [3.05, 3.63) is 53.0 Å². The van der Waals surface area contributed by atoms with E-state index in [2.05, 4.69) is 19.6 Å². The predicted octanol–water partition coefficient (Wildman–Crippen LogP) is 4.21. The number of hydrogen-bond donors (Lipinski definition) is 2. The molecule has 0 aliphatic heterocycles. The zero-order valence-electron chi connectivity index (χ0n) is 17.3. The molecule has 3 rings (SSSR count). The number of carboxylic acids is 2. The van der Waals surface area contributed by atoms with Gasteiger partial charge in [-0.05, 0) is 39.5 Å². The molecule has 0 radical (unpaired) electrons. The molecule has 154 valence electrons. The Balaban J connectivity index is 0. The van der Waals surface area contributed by atoms with E-state index in [0.29, 0.717) is 0 Å². The molecule has 0 bridgehead atoms. The number of carboxylic acid groups (broad SMARTS) is 2. The van der Waals surface area contributed by atoms with Crippen molar-refractivity contribution in [1.82, 2.24) is 0 Å². The molecule has 0 heterocycles. The average molecular weight is 424 g/mol. The summed E-state index contributed by atoms with van der Waals surface area (Å²) in [5.74, 6) is -1.87. The Labute approximate surface area is 183 Å². The molecule has 0 aromatic rings. The largest absolute Gasteiger partial charge is 2.00 e. The first kappa shape index (κ1) is 28.7. The van der Waals surface area contributed by atoms with E-state index < -0.39 is 11.9 Å². The molecule has 0 atom stereocenters. The molecule has 3 aliphatic rings. The summed E-state index contributed by atoms with van der Waals surface area (Å²) >= 11 is 0. The maximum atomic E-state index is 9.60. The molecule has 0 aromatic heterocycles. The van der Waals surface area contributed by atoms with Gasteiger partial charge in [-0.2, -0.15) is 12.7 Å². The van der Waals surface area contributed by atoms with Gasteiger partial charge >= 0.3 is 33.7 Å². The average Bonchev–Trinajstić information content (AvgIpc) is 3.03. The van der Waals surface area contributed by atoms with Gasteiger partial charge in [-0.3, -0.25) is 0 Å². The van der Waals surface area contributed by atoms with Gasteiger partial charge in [-0.1, -0.05) is 38.0 Å². The first-order chi connectivity index (χ1) is 12.7. The number of fused-ring (bicyclic) bond motifs is 1. The van der Waals surface area contributed by atoms with E-state index in [4.69, 9.17) is 15.3 Å². The van der Waals surface area contributed by atoms with Crippen molar-refractivity contribution in [1.29, 1.82) is 0 Å². The van der Waals surface area contributed by atoms with E-state index in [1.165, 1.54) is 65.2 Å². The van der Waals surface area contributed by atoms with Crippen molar-refractivity contribution >= 4 is 11.9 Å². The molecule has 2 N–H and O–H groups in total. The molecular weight excluding hydrogens is 392 g/mol. The Morgan fingerprint density at radius 3 is 1.79 bits per heavy atom. The van der Waals surface area contributed by atoms with Gasteiger partial charge in [0.1, 0.15) is 0 Å². The number of carbonyl (C=O) groups is 2. The summed E-state index contributed by atoms with van der Waals surface area (Å²) in [5.41, 5.74) is 7.41.